The van der Waals surface area contributed by atoms with Gasteiger partial charge in [0.2, 0.25) is 5.96 Å². The number of halogens is 2. The molecule has 0 saturated carbocycles. The minimum absolute atomic E-state index is 0.0842. The molecule has 7 heteroatoms. The van der Waals surface area contributed by atoms with Crippen LogP contribution in [0.2, 0.25) is 10.0 Å². The SMILES string of the molecule is N=C(N)n1nc(Cc2ccc(Cl)cc2Cl)c2c1NCCCC2. The number of benzene rings is 1. The molecule has 1 aliphatic heterocycles. The third kappa shape index (κ3) is 2.91. The molecule has 0 radical (unpaired) electrons. The van der Waals surface area contributed by atoms with Gasteiger partial charge in [0, 0.05) is 28.6 Å². The van der Waals surface area contributed by atoms with Crippen molar-refractivity contribution in [3.05, 3.63) is 45.1 Å². The number of nitrogens with one attached hydrogen (secondary N) is 2. The van der Waals surface area contributed by atoms with Gasteiger partial charge in [-0.3, -0.25) is 5.41 Å². The number of nitrogens with two attached hydrogens (primary N) is 1. The molecule has 0 spiro atoms. The summed E-state index contributed by atoms with van der Waals surface area (Å²) in [5, 5.41) is 16.8. The summed E-state index contributed by atoms with van der Waals surface area (Å²) in [5.74, 6) is 0.754. The van der Waals surface area contributed by atoms with Gasteiger partial charge in [0.1, 0.15) is 5.82 Å². The number of rotatable bonds is 2. The summed E-state index contributed by atoms with van der Waals surface area (Å²) in [6.07, 6.45) is 3.70. The van der Waals surface area contributed by atoms with Gasteiger partial charge in [-0.1, -0.05) is 29.3 Å². The average Bonchev–Trinajstić information content (AvgIpc) is 2.65. The van der Waals surface area contributed by atoms with Gasteiger partial charge in [0.25, 0.3) is 0 Å². The molecule has 0 saturated heterocycles. The van der Waals surface area contributed by atoms with Crippen LogP contribution in [0.1, 0.15) is 29.7 Å². The minimum Gasteiger partial charge on any atom is -0.370 e. The Morgan fingerprint density at radius 3 is 2.91 bits per heavy atom. The van der Waals surface area contributed by atoms with Crippen molar-refractivity contribution in [1.82, 2.24) is 9.78 Å². The Morgan fingerprint density at radius 1 is 1.36 bits per heavy atom. The standard InChI is InChI=1S/C15H17Cl2N5/c16-10-5-4-9(12(17)8-10)7-13-11-3-1-2-6-20-14(11)22(21-13)15(18)19/h4-5,8,20H,1-3,6-7H2,(H3,18,19). The smallest absolute Gasteiger partial charge is 0.215 e. The quantitative estimate of drug-likeness (QED) is 0.581. The highest BCUT2D eigenvalue weighted by Crippen LogP contribution is 2.29. The summed E-state index contributed by atoms with van der Waals surface area (Å²) in [6.45, 7) is 0.868. The predicted molar refractivity (Wildman–Crippen MR) is 90.2 cm³/mol. The van der Waals surface area contributed by atoms with Crippen LogP contribution in [0.5, 0.6) is 0 Å². The van der Waals surface area contributed by atoms with Gasteiger partial charge in [0.05, 0.1) is 5.69 Å². The van der Waals surface area contributed by atoms with E-state index in [2.05, 4.69) is 10.4 Å². The van der Waals surface area contributed by atoms with E-state index in [0.717, 1.165) is 48.4 Å². The van der Waals surface area contributed by atoms with Crippen LogP contribution in [-0.4, -0.2) is 22.3 Å². The second-order valence-electron chi connectivity index (χ2n) is 5.37. The maximum atomic E-state index is 7.71. The highest BCUT2D eigenvalue weighted by Gasteiger charge is 2.21. The fourth-order valence-corrected chi connectivity index (χ4v) is 3.21. The summed E-state index contributed by atoms with van der Waals surface area (Å²) in [7, 11) is 0. The Bertz CT molecular complexity index is 723. The Hall–Kier alpha value is -1.72. The average molecular weight is 338 g/mol. The summed E-state index contributed by atoms with van der Waals surface area (Å²) in [4.78, 5) is 0. The first kappa shape index (κ1) is 15.2. The van der Waals surface area contributed by atoms with Crippen molar-refractivity contribution in [3.63, 3.8) is 0 Å². The molecule has 0 unspecified atom stereocenters. The molecule has 3 rings (SSSR count). The molecule has 0 atom stereocenters. The lowest BCUT2D eigenvalue weighted by atomic mass is 10.0. The molecule has 1 aliphatic rings. The van der Waals surface area contributed by atoms with E-state index < -0.39 is 0 Å². The maximum absolute atomic E-state index is 7.71. The largest absolute Gasteiger partial charge is 0.370 e. The minimum atomic E-state index is -0.0842. The van der Waals surface area contributed by atoms with E-state index in [9.17, 15) is 0 Å². The van der Waals surface area contributed by atoms with Crippen molar-refractivity contribution in [1.29, 1.82) is 5.41 Å². The molecule has 0 bridgehead atoms. The van der Waals surface area contributed by atoms with Gasteiger partial charge in [0.15, 0.2) is 0 Å². The maximum Gasteiger partial charge on any atom is 0.215 e. The van der Waals surface area contributed by atoms with Crippen molar-refractivity contribution in [2.24, 2.45) is 5.73 Å². The first-order chi connectivity index (χ1) is 10.6. The summed E-state index contributed by atoms with van der Waals surface area (Å²) in [5.41, 5.74) is 8.64. The second kappa shape index (κ2) is 6.18. The first-order valence-corrected chi connectivity index (χ1v) is 7.95. The number of hydrogen-bond acceptors (Lipinski definition) is 3. The molecule has 4 N–H and O–H groups in total. The third-order valence-electron chi connectivity index (χ3n) is 3.81. The predicted octanol–water partition coefficient (Wildman–Crippen LogP) is 3.27. The Balaban J connectivity index is 2.01. The molecule has 0 fully saturated rings. The molecule has 0 amide bonds. The molecular formula is C15H17Cl2N5. The number of nitrogen functional groups attached to an aromatic ring is 1. The molecule has 2 aromatic rings. The molecule has 22 heavy (non-hydrogen) atoms. The lowest BCUT2D eigenvalue weighted by Gasteiger charge is -2.06. The number of nitrogens with zero attached hydrogens (tertiary/aromatic N) is 2. The van der Waals surface area contributed by atoms with Gasteiger partial charge >= 0.3 is 0 Å². The van der Waals surface area contributed by atoms with E-state index in [-0.39, 0.29) is 5.96 Å². The van der Waals surface area contributed by atoms with E-state index >= 15 is 0 Å². The number of aromatic nitrogens is 2. The third-order valence-corrected chi connectivity index (χ3v) is 4.40. The van der Waals surface area contributed by atoms with Crippen molar-refractivity contribution >= 4 is 35.0 Å². The molecule has 116 valence electrons. The zero-order valence-corrected chi connectivity index (χ0v) is 13.5. The van der Waals surface area contributed by atoms with Crippen LogP contribution in [0.3, 0.4) is 0 Å². The fourth-order valence-electron chi connectivity index (χ4n) is 2.74. The zero-order chi connectivity index (χ0) is 15.7. The molecule has 5 nitrogen and oxygen atoms in total. The lowest BCUT2D eigenvalue weighted by molar-refractivity contribution is 0.770. The Morgan fingerprint density at radius 2 is 2.18 bits per heavy atom. The van der Waals surface area contributed by atoms with E-state index in [1.807, 2.05) is 12.1 Å². The monoisotopic (exact) mass is 337 g/mol. The van der Waals surface area contributed by atoms with Gasteiger partial charge in [-0.15, -0.1) is 0 Å². The van der Waals surface area contributed by atoms with Crippen LogP contribution < -0.4 is 11.1 Å². The molecule has 2 heterocycles. The van der Waals surface area contributed by atoms with Crippen LogP contribution in [0.15, 0.2) is 18.2 Å². The highest BCUT2D eigenvalue weighted by molar-refractivity contribution is 6.35. The van der Waals surface area contributed by atoms with Crippen molar-refractivity contribution in [2.75, 3.05) is 11.9 Å². The van der Waals surface area contributed by atoms with E-state index in [1.54, 1.807) is 6.07 Å². The molecule has 1 aromatic carbocycles. The van der Waals surface area contributed by atoms with E-state index in [0.29, 0.717) is 16.5 Å². The van der Waals surface area contributed by atoms with Gasteiger partial charge in [-0.25, -0.2) is 0 Å². The van der Waals surface area contributed by atoms with Gasteiger partial charge < -0.3 is 11.1 Å². The summed E-state index contributed by atoms with van der Waals surface area (Å²) >= 11 is 12.2. The highest BCUT2D eigenvalue weighted by atomic mass is 35.5. The van der Waals surface area contributed by atoms with E-state index in [1.165, 1.54) is 4.68 Å². The summed E-state index contributed by atoms with van der Waals surface area (Å²) in [6, 6.07) is 5.47. The van der Waals surface area contributed by atoms with Crippen molar-refractivity contribution in [3.8, 4) is 0 Å². The van der Waals surface area contributed by atoms with Crippen LogP contribution in [0, 0.1) is 5.41 Å². The summed E-state index contributed by atoms with van der Waals surface area (Å²) < 4.78 is 1.47. The van der Waals surface area contributed by atoms with Crippen LogP contribution >= 0.6 is 23.2 Å². The molecule has 1 aromatic heterocycles. The van der Waals surface area contributed by atoms with Crippen LogP contribution in [-0.2, 0) is 12.8 Å². The number of hydrogen-bond donors (Lipinski definition) is 3. The van der Waals surface area contributed by atoms with Crippen molar-refractivity contribution in [2.45, 2.75) is 25.7 Å². The second-order valence-corrected chi connectivity index (χ2v) is 6.21. The van der Waals surface area contributed by atoms with E-state index in [4.69, 9.17) is 34.3 Å². The zero-order valence-electron chi connectivity index (χ0n) is 12.0. The van der Waals surface area contributed by atoms with Gasteiger partial charge in [-0.05, 0) is 37.0 Å². The number of fused-ring (bicyclic) bond motifs is 1. The normalized spacial score (nSPS) is 14.1. The first-order valence-electron chi connectivity index (χ1n) is 7.19. The Labute approximate surface area is 138 Å². The topological polar surface area (TPSA) is 79.7 Å². The number of anilines is 1. The molecule has 0 aliphatic carbocycles. The van der Waals surface area contributed by atoms with Crippen molar-refractivity contribution < 1.29 is 0 Å². The molecular weight excluding hydrogens is 321 g/mol. The Kier molecular flexibility index (Phi) is 4.27. The van der Waals surface area contributed by atoms with Crippen LogP contribution in [0.4, 0.5) is 5.82 Å². The van der Waals surface area contributed by atoms with Gasteiger partial charge in [-0.2, -0.15) is 9.78 Å². The fraction of sp³-hybridized carbons (Fsp3) is 0.333. The lowest BCUT2D eigenvalue weighted by Crippen LogP contribution is -2.24. The van der Waals surface area contributed by atoms with Crippen LogP contribution in [0.25, 0.3) is 0 Å².